The minimum Gasteiger partial charge on any atom is -0.387 e. The summed E-state index contributed by atoms with van der Waals surface area (Å²) in [5.74, 6) is -0.435. The monoisotopic (exact) mass is 316 g/mol. The van der Waals surface area contributed by atoms with Crippen LogP contribution in [0.25, 0.3) is 0 Å². The molecule has 1 fully saturated rings. The molecule has 2 atom stereocenters. The zero-order chi connectivity index (χ0) is 14.7. The second-order valence-corrected chi connectivity index (χ2v) is 5.50. The summed E-state index contributed by atoms with van der Waals surface area (Å²) in [6.45, 7) is 0.0296. The summed E-state index contributed by atoms with van der Waals surface area (Å²) >= 11 is 11.7. The Bertz CT molecular complexity index is 516. The lowest BCUT2D eigenvalue weighted by molar-refractivity contribution is -0.126. The van der Waals surface area contributed by atoms with Gasteiger partial charge in [0.2, 0.25) is 11.8 Å². The molecule has 0 aromatic heterocycles. The molecule has 0 bridgehead atoms. The highest BCUT2D eigenvalue weighted by Crippen LogP contribution is 2.23. The van der Waals surface area contributed by atoms with Gasteiger partial charge in [0.25, 0.3) is 0 Å². The van der Waals surface area contributed by atoms with Crippen LogP contribution in [0.5, 0.6) is 0 Å². The zero-order valence-corrected chi connectivity index (χ0v) is 12.0. The molecular weight excluding hydrogens is 303 g/mol. The first kappa shape index (κ1) is 15.1. The van der Waals surface area contributed by atoms with E-state index in [4.69, 9.17) is 23.2 Å². The average molecular weight is 317 g/mol. The summed E-state index contributed by atoms with van der Waals surface area (Å²) in [6.07, 6.45) is -0.0823. The van der Waals surface area contributed by atoms with Crippen molar-refractivity contribution in [3.05, 3.63) is 33.8 Å². The molecule has 20 heavy (non-hydrogen) atoms. The molecule has 0 saturated carbocycles. The van der Waals surface area contributed by atoms with Crippen molar-refractivity contribution in [2.24, 2.45) is 0 Å². The maximum absolute atomic E-state index is 11.8. The van der Waals surface area contributed by atoms with Gasteiger partial charge < -0.3 is 15.7 Å². The summed E-state index contributed by atoms with van der Waals surface area (Å²) in [5, 5.41) is 16.0. The first-order valence-corrected chi connectivity index (χ1v) is 6.92. The van der Waals surface area contributed by atoms with Gasteiger partial charge in [0.05, 0.1) is 6.10 Å². The summed E-state index contributed by atoms with van der Waals surface area (Å²) in [7, 11) is 0. The van der Waals surface area contributed by atoms with Crippen molar-refractivity contribution in [1.29, 1.82) is 0 Å². The lowest BCUT2D eigenvalue weighted by atomic mass is 10.1. The van der Waals surface area contributed by atoms with Gasteiger partial charge in [-0.3, -0.25) is 9.59 Å². The number of carbonyl (C=O) groups is 2. The topological polar surface area (TPSA) is 78.4 Å². The maximum atomic E-state index is 11.8. The van der Waals surface area contributed by atoms with Crippen molar-refractivity contribution in [1.82, 2.24) is 10.6 Å². The Morgan fingerprint density at radius 2 is 2.05 bits per heavy atom. The van der Waals surface area contributed by atoms with Crippen LogP contribution in [0.2, 0.25) is 10.0 Å². The molecule has 1 aliphatic heterocycles. The minimum absolute atomic E-state index is 0.0296. The molecule has 0 aliphatic carbocycles. The average Bonchev–Trinajstić information content (AvgIpc) is 2.81. The van der Waals surface area contributed by atoms with E-state index < -0.39 is 12.1 Å². The van der Waals surface area contributed by atoms with E-state index in [1.807, 2.05) is 0 Å². The predicted octanol–water partition coefficient (Wildman–Crippen LogP) is 1.42. The van der Waals surface area contributed by atoms with Gasteiger partial charge in [-0.2, -0.15) is 0 Å². The molecule has 2 unspecified atom stereocenters. The number of hydrogen-bond donors (Lipinski definition) is 3. The first-order chi connectivity index (χ1) is 9.45. The van der Waals surface area contributed by atoms with E-state index in [9.17, 15) is 14.7 Å². The van der Waals surface area contributed by atoms with Crippen molar-refractivity contribution >= 4 is 35.0 Å². The van der Waals surface area contributed by atoms with E-state index in [0.29, 0.717) is 28.5 Å². The maximum Gasteiger partial charge on any atom is 0.242 e. The van der Waals surface area contributed by atoms with Gasteiger partial charge >= 0.3 is 0 Å². The van der Waals surface area contributed by atoms with Gasteiger partial charge in [-0.1, -0.05) is 23.2 Å². The van der Waals surface area contributed by atoms with Crippen LogP contribution in [0.1, 0.15) is 24.5 Å². The highest BCUT2D eigenvalue weighted by molar-refractivity contribution is 6.34. The van der Waals surface area contributed by atoms with Gasteiger partial charge in [0.15, 0.2) is 0 Å². The fourth-order valence-electron chi connectivity index (χ4n) is 2.02. The van der Waals surface area contributed by atoms with Crippen LogP contribution in [0.4, 0.5) is 0 Å². The number of halogens is 2. The van der Waals surface area contributed by atoms with Crippen LogP contribution in [0, 0.1) is 0 Å². The smallest absolute Gasteiger partial charge is 0.242 e. The lowest BCUT2D eigenvalue weighted by Gasteiger charge is -2.15. The van der Waals surface area contributed by atoms with E-state index in [1.165, 1.54) is 0 Å². The molecular formula is C13H14Cl2N2O3. The molecule has 108 valence electrons. The molecule has 1 saturated heterocycles. The molecule has 0 spiro atoms. The third kappa shape index (κ3) is 3.85. The standard InChI is InChI=1S/C13H14Cl2N2O3/c14-8-3-7(4-9(15)5-8)11(18)6-16-13(20)10-1-2-12(19)17-10/h3-5,10-11,18H,1-2,6H2,(H,16,20)(H,17,19). The Labute approximate surface area is 126 Å². The SMILES string of the molecule is O=C1CCC(C(=O)NCC(O)c2cc(Cl)cc(Cl)c2)N1. The number of benzene rings is 1. The fraction of sp³-hybridized carbons (Fsp3) is 0.385. The van der Waals surface area contributed by atoms with Crippen molar-refractivity contribution < 1.29 is 14.7 Å². The number of nitrogens with one attached hydrogen (secondary N) is 2. The number of hydrogen-bond acceptors (Lipinski definition) is 3. The Balaban J connectivity index is 1.90. The zero-order valence-electron chi connectivity index (χ0n) is 10.5. The van der Waals surface area contributed by atoms with E-state index in [-0.39, 0.29) is 18.4 Å². The fourth-order valence-corrected chi connectivity index (χ4v) is 2.56. The highest BCUT2D eigenvalue weighted by atomic mass is 35.5. The largest absolute Gasteiger partial charge is 0.387 e. The second kappa shape index (κ2) is 6.43. The minimum atomic E-state index is -0.910. The third-order valence-corrected chi connectivity index (χ3v) is 3.49. The van der Waals surface area contributed by atoms with Gasteiger partial charge in [0.1, 0.15) is 6.04 Å². The van der Waals surface area contributed by atoms with E-state index in [2.05, 4.69) is 10.6 Å². The summed E-state index contributed by atoms with van der Waals surface area (Å²) in [4.78, 5) is 22.8. The lowest BCUT2D eigenvalue weighted by Crippen LogP contribution is -2.42. The normalized spacial score (nSPS) is 19.6. The van der Waals surface area contributed by atoms with E-state index in [1.54, 1.807) is 18.2 Å². The van der Waals surface area contributed by atoms with Gasteiger partial charge in [-0.15, -0.1) is 0 Å². The number of carbonyl (C=O) groups excluding carboxylic acids is 2. The molecule has 5 nitrogen and oxygen atoms in total. The van der Waals surface area contributed by atoms with Crippen LogP contribution in [-0.2, 0) is 9.59 Å². The molecule has 2 rings (SSSR count). The van der Waals surface area contributed by atoms with Gasteiger partial charge in [-0.25, -0.2) is 0 Å². The van der Waals surface area contributed by atoms with Crippen molar-refractivity contribution in [3.63, 3.8) is 0 Å². The third-order valence-electron chi connectivity index (χ3n) is 3.05. The molecule has 1 aliphatic rings. The molecule has 1 aromatic rings. The van der Waals surface area contributed by atoms with E-state index in [0.717, 1.165) is 0 Å². The summed E-state index contributed by atoms with van der Waals surface area (Å²) in [6, 6.07) is 4.22. The Morgan fingerprint density at radius 1 is 1.40 bits per heavy atom. The number of amides is 2. The van der Waals surface area contributed by atoms with Crippen LogP contribution in [-0.4, -0.2) is 29.5 Å². The van der Waals surface area contributed by atoms with Crippen molar-refractivity contribution in [2.75, 3.05) is 6.54 Å². The number of aliphatic hydroxyl groups excluding tert-OH is 1. The Hall–Kier alpha value is -1.30. The van der Waals surface area contributed by atoms with Crippen molar-refractivity contribution in [3.8, 4) is 0 Å². The molecule has 0 radical (unpaired) electrons. The predicted molar refractivity (Wildman–Crippen MR) is 75.6 cm³/mol. The van der Waals surface area contributed by atoms with Gasteiger partial charge in [-0.05, 0) is 30.2 Å². The van der Waals surface area contributed by atoms with Crippen LogP contribution >= 0.6 is 23.2 Å². The second-order valence-electron chi connectivity index (χ2n) is 4.62. The van der Waals surface area contributed by atoms with Gasteiger partial charge in [0, 0.05) is 23.0 Å². The van der Waals surface area contributed by atoms with E-state index >= 15 is 0 Å². The molecule has 3 N–H and O–H groups in total. The Morgan fingerprint density at radius 3 is 2.60 bits per heavy atom. The molecule has 1 aromatic carbocycles. The van der Waals surface area contributed by atoms with Crippen LogP contribution in [0.15, 0.2) is 18.2 Å². The summed E-state index contributed by atoms with van der Waals surface area (Å²) in [5.41, 5.74) is 0.526. The van der Waals surface area contributed by atoms with Crippen molar-refractivity contribution in [2.45, 2.75) is 25.0 Å². The Kier molecular flexibility index (Phi) is 4.86. The quantitative estimate of drug-likeness (QED) is 0.786. The number of aliphatic hydroxyl groups is 1. The molecule has 2 amide bonds. The first-order valence-electron chi connectivity index (χ1n) is 6.17. The molecule has 7 heteroatoms. The van der Waals surface area contributed by atoms with Crippen LogP contribution in [0.3, 0.4) is 0 Å². The molecule has 1 heterocycles. The van der Waals surface area contributed by atoms with Crippen LogP contribution < -0.4 is 10.6 Å². The summed E-state index contributed by atoms with van der Waals surface area (Å²) < 4.78 is 0. The number of rotatable bonds is 4. The highest BCUT2D eigenvalue weighted by Gasteiger charge is 2.27.